The molecule has 0 aromatic heterocycles. The number of carbonyl (C=O) groups is 1. The van der Waals surface area contributed by atoms with Gasteiger partial charge in [0.1, 0.15) is 19.3 Å². The van der Waals surface area contributed by atoms with Crippen molar-refractivity contribution in [2.45, 2.75) is 44.6 Å². The van der Waals surface area contributed by atoms with E-state index in [0.717, 1.165) is 5.56 Å². The van der Waals surface area contributed by atoms with Crippen molar-refractivity contribution in [3.8, 4) is 11.5 Å². The van der Waals surface area contributed by atoms with E-state index in [1.807, 2.05) is 0 Å². The molecule has 1 amide bonds. The van der Waals surface area contributed by atoms with Crippen LogP contribution in [0.25, 0.3) is 0 Å². The topological polar surface area (TPSA) is 50.8 Å². The zero-order valence-corrected chi connectivity index (χ0v) is 13.9. The van der Waals surface area contributed by atoms with Crippen LogP contribution in [-0.2, 0) is 11.3 Å². The maximum atomic E-state index is 13.4. The molecule has 0 aliphatic carbocycles. The van der Waals surface area contributed by atoms with Crippen LogP contribution in [-0.4, -0.2) is 48.8 Å². The number of piperidine rings is 1. The fourth-order valence-corrected chi connectivity index (χ4v) is 3.41. The van der Waals surface area contributed by atoms with Crippen molar-refractivity contribution in [3.63, 3.8) is 0 Å². The van der Waals surface area contributed by atoms with Crippen LogP contribution in [0, 0.1) is 0 Å². The molecule has 25 heavy (non-hydrogen) atoms. The Morgan fingerprint density at radius 3 is 2.64 bits per heavy atom. The minimum Gasteiger partial charge on any atom is -0.486 e. The van der Waals surface area contributed by atoms with E-state index in [4.69, 9.17) is 9.47 Å². The molecule has 138 valence electrons. The first kappa shape index (κ1) is 17.8. The molecule has 2 unspecified atom stereocenters. The molecule has 0 radical (unpaired) electrons. The third-order valence-corrected chi connectivity index (χ3v) is 4.46. The largest absolute Gasteiger partial charge is 0.486 e. The van der Waals surface area contributed by atoms with Crippen LogP contribution in [0.3, 0.4) is 0 Å². The number of alkyl halides is 3. The van der Waals surface area contributed by atoms with Crippen molar-refractivity contribution in [2.75, 3.05) is 19.8 Å². The van der Waals surface area contributed by atoms with E-state index in [2.05, 4.69) is 5.32 Å². The number of hydrogen-bond acceptors (Lipinski definition) is 4. The lowest BCUT2D eigenvalue weighted by molar-refractivity contribution is -0.194. The number of hydrogen-bond donors (Lipinski definition) is 1. The molecule has 0 saturated carbocycles. The number of ether oxygens (including phenoxy) is 2. The molecular weight excluding hydrogens is 337 g/mol. The zero-order valence-electron chi connectivity index (χ0n) is 13.9. The summed E-state index contributed by atoms with van der Waals surface area (Å²) in [6.45, 7) is 2.57. The van der Waals surface area contributed by atoms with Gasteiger partial charge in [-0.25, -0.2) is 0 Å². The molecule has 5 nitrogen and oxygen atoms in total. The molecule has 1 N–H and O–H groups in total. The number of nitrogens with one attached hydrogen (secondary N) is 1. The van der Waals surface area contributed by atoms with Gasteiger partial charge in [0.2, 0.25) is 5.91 Å². The lowest BCUT2D eigenvalue weighted by atomic mass is 9.96. The van der Waals surface area contributed by atoms with Gasteiger partial charge in [0.05, 0.1) is 0 Å². The molecule has 2 atom stereocenters. The first-order valence-corrected chi connectivity index (χ1v) is 8.29. The van der Waals surface area contributed by atoms with Crippen molar-refractivity contribution in [2.24, 2.45) is 0 Å². The predicted molar refractivity (Wildman–Crippen MR) is 84.5 cm³/mol. The Kier molecular flexibility index (Phi) is 5.08. The van der Waals surface area contributed by atoms with Gasteiger partial charge in [0.25, 0.3) is 0 Å². The molecular formula is C17H21F3N2O3. The molecule has 3 rings (SSSR count). The van der Waals surface area contributed by atoms with Gasteiger partial charge >= 0.3 is 6.18 Å². The molecule has 8 heteroatoms. The number of halogens is 3. The standard InChI is InChI=1S/C17H21F3N2O3/c1-11(23)21-13-3-5-16(17(18,19)20)22(10-13)9-12-2-4-14-15(8-12)25-7-6-24-14/h2,4,8,13,16H,3,5-7,9-10H2,1H3,(H,21,23). The number of amides is 1. The minimum atomic E-state index is -4.30. The van der Waals surface area contributed by atoms with Gasteiger partial charge in [-0.3, -0.25) is 9.69 Å². The normalized spacial score (nSPS) is 24.0. The zero-order chi connectivity index (χ0) is 18.0. The highest BCUT2D eigenvalue weighted by Gasteiger charge is 2.46. The smallest absolute Gasteiger partial charge is 0.404 e. The Hall–Kier alpha value is -1.96. The van der Waals surface area contributed by atoms with Gasteiger partial charge in [-0.15, -0.1) is 0 Å². The fourth-order valence-electron chi connectivity index (χ4n) is 3.41. The predicted octanol–water partition coefficient (Wildman–Crippen LogP) is 2.49. The summed E-state index contributed by atoms with van der Waals surface area (Å²) in [5.74, 6) is 0.939. The van der Waals surface area contributed by atoms with E-state index in [-0.39, 0.29) is 31.5 Å². The number of benzene rings is 1. The van der Waals surface area contributed by atoms with Crippen LogP contribution in [0.15, 0.2) is 18.2 Å². The highest BCUT2D eigenvalue weighted by atomic mass is 19.4. The van der Waals surface area contributed by atoms with Crippen molar-refractivity contribution < 1.29 is 27.4 Å². The van der Waals surface area contributed by atoms with Crippen molar-refractivity contribution in [1.29, 1.82) is 0 Å². The van der Waals surface area contributed by atoms with Crippen molar-refractivity contribution in [1.82, 2.24) is 10.2 Å². The quantitative estimate of drug-likeness (QED) is 0.902. The Morgan fingerprint density at radius 1 is 1.24 bits per heavy atom. The molecule has 0 spiro atoms. The van der Waals surface area contributed by atoms with E-state index in [1.54, 1.807) is 18.2 Å². The summed E-state index contributed by atoms with van der Waals surface area (Å²) in [6, 6.07) is 3.42. The number of fused-ring (bicyclic) bond motifs is 1. The van der Waals surface area contributed by atoms with Crippen LogP contribution in [0.2, 0.25) is 0 Å². The van der Waals surface area contributed by atoms with Gasteiger partial charge in [0.15, 0.2) is 11.5 Å². The van der Waals surface area contributed by atoms with Gasteiger partial charge in [-0.05, 0) is 30.5 Å². The monoisotopic (exact) mass is 358 g/mol. The first-order valence-electron chi connectivity index (χ1n) is 8.29. The minimum absolute atomic E-state index is 0.0288. The molecule has 1 saturated heterocycles. The van der Waals surface area contributed by atoms with Crippen LogP contribution in [0.4, 0.5) is 13.2 Å². The number of likely N-dealkylation sites (tertiary alicyclic amines) is 1. The summed E-state index contributed by atoms with van der Waals surface area (Å²) < 4.78 is 51.1. The summed E-state index contributed by atoms with van der Waals surface area (Å²) >= 11 is 0. The number of rotatable bonds is 3. The highest BCUT2D eigenvalue weighted by molar-refractivity contribution is 5.73. The molecule has 2 aliphatic heterocycles. The van der Waals surface area contributed by atoms with Crippen LogP contribution in [0.1, 0.15) is 25.3 Å². The molecule has 1 fully saturated rings. The average Bonchev–Trinajstić information content (AvgIpc) is 2.53. The Morgan fingerprint density at radius 2 is 1.96 bits per heavy atom. The van der Waals surface area contributed by atoms with E-state index in [0.29, 0.717) is 31.1 Å². The van der Waals surface area contributed by atoms with Gasteiger partial charge in [-0.2, -0.15) is 13.2 Å². The molecule has 2 heterocycles. The van der Waals surface area contributed by atoms with Crippen molar-refractivity contribution >= 4 is 5.91 Å². The van der Waals surface area contributed by atoms with Gasteiger partial charge in [-0.1, -0.05) is 6.07 Å². The second-order valence-corrected chi connectivity index (χ2v) is 6.44. The van der Waals surface area contributed by atoms with Crippen LogP contribution < -0.4 is 14.8 Å². The lowest BCUT2D eigenvalue weighted by Crippen LogP contribution is -2.55. The molecule has 0 bridgehead atoms. The highest BCUT2D eigenvalue weighted by Crippen LogP contribution is 2.35. The van der Waals surface area contributed by atoms with E-state index in [9.17, 15) is 18.0 Å². The lowest BCUT2D eigenvalue weighted by Gasteiger charge is -2.40. The van der Waals surface area contributed by atoms with Gasteiger partial charge < -0.3 is 14.8 Å². The molecule has 1 aromatic carbocycles. The Balaban J connectivity index is 1.76. The van der Waals surface area contributed by atoms with Crippen LogP contribution in [0.5, 0.6) is 11.5 Å². The second-order valence-electron chi connectivity index (χ2n) is 6.44. The van der Waals surface area contributed by atoms with Crippen molar-refractivity contribution in [3.05, 3.63) is 23.8 Å². The first-order chi connectivity index (χ1) is 11.8. The number of nitrogens with zero attached hydrogens (tertiary/aromatic N) is 1. The maximum absolute atomic E-state index is 13.4. The third kappa shape index (κ3) is 4.36. The number of carbonyl (C=O) groups excluding carboxylic acids is 1. The summed E-state index contributed by atoms with van der Waals surface area (Å²) in [5, 5.41) is 2.73. The maximum Gasteiger partial charge on any atom is 0.404 e. The fraction of sp³-hybridized carbons (Fsp3) is 0.588. The summed E-state index contributed by atoms with van der Waals surface area (Å²) in [7, 11) is 0. The molecule has 1 aromatic rings. The van der Waals surface area contributed by atoms with E-state index >= 15 is 0 Å². The molecule has 2 aliphatic rings. The summed E-state index contributed by atoms with van der Waals surface area (Å²) in [6.07, 6.45) is -4.00. The van der Waals surface area contributed by atoms with E-state index in [1.165, 1.54) is 11.8 Å². The Bertz CT molecular complexity index is 636. The Labute approximate surface area is 144 Å². The van der Waals surface area contributed by atoms with Crippen LogP contribution >= 0.6 is 0 Å². The van der Waals surface area contributed by atoms with Gasteiger partial charge in [0, 0.05) is 26.1 Å². The van der Waals surface area contributed by atoms with E-state index < -0.39 is 12.2 Å². The SMILES string of the molecule is CC(=O)NC1CCC(C(F)(F)F)N(Cc2ccc3c(c2)OCCO3)C1. The second kappa shape index (κ2) is 7.11. The summed E-state index contributed by atoms with van der Waals surface area (Å²) in [4.78, 5) is 12.6. The average molecular weight is 358 g/mol. The third-order valence-electron chi connectivity index (χ3n) is 4.46. The summed E-state index contributed by atoms with van der Waals surface area (Å²) in [5.41, 5.74) is 0.724.